The van der Waals surface area contributed by atoms with Crippen LogP contribution in [0.3, 0.4) is 0 Å². The third-order valence-corrected chi connectivity index (χ3v) is 5.77. The maximum absolute atomic E-state index is 12.5. The molecule has 3 rings (SSSR count). The first kappa shape index (κ1) is 17.8. The van der Waals surface area contributed by atoms with Crippen molar-refractivity contribution in [3.63, 3.8) is 0 Å². The molecule has 0 aliphatic carbocycles. The van der Waals surface area contributed by atoms with Crippen molar-refractivity contribution in [3.05, 3.63) is 12.7 Å². The number of hydrogen-bond acceptors (Lipinski definition) is 5. The van der Waals surface area contributed by atoms with Crippen LogP contribution in [-0.4, -0.2) is 95.9 Å². The molecule has 3 unspecified atom stereocenters. The first-order chi connectivity index (χ1) is 11.6. The van der Waals surface area contributed by atoms with Gasteiger partial charge in [0.15, 0.2) is 0 Å². The van der Waals surface area contributed by atoms with Crippen LogP contribution in [0, 0.1) is 0 Å². The van der Waals surface area contributed by atoms with Crippen molar-refractivity contribution < 1.29 is 9.59 Å². The molecule has 3 atom stereocenters. The van der Waals surface area contributed by atoms with Gasteiger partial charge in [0.2, 0.25) is 11.8 Å². The van der Waals surface area contributed by atoms with Crippen LogP contribution in [0.1, 0.15) is 6.42 Å². The highest BCUT2D eigenvalue weighted by atomic mass is 79.9. The summed E-state index contributed by atoms with van der Waals surface area (Å²) in [5.74, 6) is 0.0557. The highest BCUT2D eigenvalue weighted by Crippen LogP contribution is 2.23. The smallest absolute Gasteiger partial charge is 0.246 e. The lowest BCUT2D eigenvalue weighted by atomic mass is 10.0. The quantitative estimate of drug-likeness (QED) is 0.478. The number of rotatable bonds is 4. The molecule has 3 heterocycles. The standard InChI is InChI=1S/C16H26BrN5O2/c1-2-14(23)20-5-7-21(8-6-20)15(24)10-19-13-9-12(17)11-22-4-3-18-16(13)22/h2,12-13,16,18-19H,1,3-11H2. The Kier molecular flexibility index (Phi) is 5.91. The molecular formula is C16H26BrN5O2. The second-order valence-corrected chi connectivity index (χ2v) is 7.92. The Morgan fingerprint density at radius 1 is 1.21 bits per heavy atom. The minimum absolute atomic E-state index is 0.0572. The van der Waals surface area contributed by atoms with Crippen LogP contribution in [0.2, 0.25) is 0 Å². The van der Waals surface area contributed by atoms with Crippen LogP contribution in [0.4, 0.5) is 0 Å². The van der Waals surface area contributed by atoms with Gasteiger partial charge in [-0.2, -0.15) is 0 Å². The molecule has 0 aromatic heterocycles. The van der Waals surface area contributed by atoms with Crippen molar-refractivity contribution in [2.45, 2.75) is 23.5 Å². The average Bonchev–Trinajstić information content (AvgIpc) is 3.07. The second kappa shape index (κ2) is 7.95. The van der Waals surface area contributed by atoms with Gasteiger partial charge in [0.1, 0.15) is 0 Å². The number of piperidine rings is 1. The van der Waals surface area contributed by atoms with E-state index in [0.717, 1.165) is 26.1 Å². The number of nitrogens with one attached hydrogen (secondary N) is 2. The summed E-state index contributed by atoms with van der Waals surface area (Å²) in [5, 5.41) is 6.96. The van der Waals surface area contributed by atoms with Gasteiger partial charge >= 0.3 is 0 Å². The van der Waals surface area contributed by atoms with Gasteiger partial charge in [-0.15, -0.1) is 0 Å². The maximum atomic E-state index is 12.5. The van der Waals surface area contributed by atoms with Crippen molar-refractivity contribution >= 4 is 27.7 Å². The van der Waals surface area contributed by atoms with Crippen LogP contribution in [0.5, 0.6) is 0 Å². The highest BCUT2D eigenvalue weighted by Gasteiger charge is 2.38. The van der Waals surface area contributed by atoms with Gasteiger partial charge in [-0.1, -0.05) is 22.5 Å². The topological polar surface area (TPSA) is 67.9 Å². The van der Waals surface area contributed by atoms with Crippen LogP contribution < -0.4 is 10.6 Å². The lowest BCUT2D eigenvalue weighted by molar-refractivity contribution is -0.136. The van der Waals surface area contributed by atoms with Crippen LogP contribution in [-0.2, 0) is 9.59 Å². The minimum Gasteiger partial charge on any atom is -0.338 e. The molecule has 0 spiro atoms. The third kappa shape index (κ3) is 3.99. The molecule has 7 nitrogen and oxygen atoms in total. The Hall–Kier alpha value is -0.960. The van der Waals surface area contributed by atoms with E-state index in [0.29, 0.717) is 43.7 Å². The Morgan fingerprint density at radius 3 is 2.62 bits per heavy atom. The van der Waals surface area contributed by atoms with E-state index in [1.54, 1.807) is 4.90 Å². The van der Waals surface area contributed by atoms with Crippen LogP contribution in [0.25, 0.3) is 0 Å². The lowest BCUT2D eigenvalue weighted by Gasteiger charge is -2.40. The number of piperazine rings is 1. The number of hydrogen-bond donors (Lipinski definition) is 2. The average molecular weight is 400 g/mol. The predicted molar refractivity (Wildman–Crippen MR) is 95.8 cm³/mol. The van der Waals surface area contributed by atoms with E-state index in [9.17, 15) is 9.59 Å². The van der Waals surface area contributed by atoms with Crippen LogP contribution >= 0.6 is 15.9 Å². The van der Waals surface area contributed by atoms with Crippen molar-refractivity contribution in [2.24, 2.45) is 0 Å². The van der Waals surface area contributed by atoms with Crippen molar-refractivity contribution in [3.8, 4) is 0 Å². The Bertz CT molecular complexity index is 495. The fourth-order valence-electron chi connectivity index (χ4n) is 3.79. The van der Waals surface area contributed by atoms with E-state index in [1.807, 2.05) is 4.90 Å². The Morgan fingerprint density at radius 2 is 1.92 bits per heavy atom. The fraction of sp³-hybridized carbons (Fsp3) is 0.750. The number of amides is 2. The molecule has 24 heavy (non-hydrogen) atoms. The van der Waals surface area contributed by atoms with Crippen molar-refractivity contribution in [2.75, 3.05) is 52.4 Å². The van der Waals surface area contributed by atoms with Gasteiger partial charge in [0.05, 0.1) is 12.7 Å². The molecule has 0 radical (unpaired) electrons. The molecule has 3 aliphatic heterocycles. The zero-order valence-electron chi connectivity index (χ0n) is 13.9. The summed E-state index contributed by atoms with van der Waals surface area (Å²) in [6, 6.07) is 0.276. The Balaban J connectivity index is 1.46. The van der Waals surface area contributed by atoms with Gasteiger partial charge in [-0.25, -0.2) is 0 Å². The molecule has 3 aliphatic rings. The monoisotopic (exact) mass is 399 g/mol. The summed E-state index contributed by atoms with van der Waals surface area (Å²) in [7, 11) is 0. The van der Waals surface area contributed by atoms with E-state index in [1.165, 1.54) is 6.08 Å². The lowest BCUT2D eigenvalue weighted by Crippen LogP contribution is -2.60. The molecule has 0 aromatic carbocycles. The fourth-order valence-corrected chi connectivity index (χ4v) is 4.56. The number of carbonyl (C=O) groups excluding carboxylic acids is 2. The third-order valence-electron chi connectivity index (χ3n) is 5.10. The normalized spacial score (nSPS) is 31.0. The van der Waals surface area contributed by atoms with Crippen LogP contribution in [0.15, 0.2) is 12.7 Å². The summed E-state index contributed by atoms with van der Waals surface area (Å²) in [6.07, 6.45) is 2.68. The van der Waals surface area contributed by atoms with E-state index in [2.05, 4.69) is 38.0 Å². The first-order valence-electron chi connectivity index (χ1n) is 8.62. The summed E-state index contributed by atoms with van der Waals surface area (Å²) < 4.78 is 0. The molecule has 134 valence electrons. The molecule has 2 N–H and O–H groups in total. The van der Waals surface area contributed by atoms with E-state index < -0.39 is 0 Å². The zero-order valence-corrected chi connectivity index (χ0v) is 15.5. The van der Waals surface area contributed by atoms with E-state index in [4.69, 9.17) is 0 Å². The molecule has 3 saturated heterocycles. The Labute approximate surface area is 151 Å². The van der Waals surface area contributed by atoms with Gasteiger partial charge in [-0.05, 0) is 12.5 Å². The largest absolute Gasteiger partial charge is 0.338 e. The number of alkyl halides is 1. The summed E-state index contributed by atoms with van der Waals surface area (Å²) in [5.41, 5.74) is 0. The molecule has 0 saturated carbocycles. The number of halogens is 1. The summed E-state index contributed by atoms with van der Waals surface area (Å²) in [6.45, 7) is 9.36. The highest BCUT2D eigenvalue weighted by molar-refractivity contribution is 9.09. The van der Waals surface area contributed by atoms with Gasteiger partial charge in [0.25, 0.3) is 0 Å². The molecule has 0 bridgehead atoms. The predicted octanol–water partition coefficient (Wildman–Crippen LogP) is -0.800. The minimum atomic E-state index is -0.0572. The SMILES string of the molecule is C=CC(=O)N1CCN(C(=O)CNC2CC(Br)CN3CCNC23)CC1. The van der Waals surface area contributed by atoms with Crippen molar-refractivity contribution in [1.29, 1.82) is 0 Å². The number of fused-ring (bicyclic) bond motifs is 1. The summed E-state index contributed by atoms with van der Waals surface area (Å²) in [4.78, 5) is 30.5. The summed E-state index contributed by atoms with van der Waals surface area (Å²) >= 11 is 3.73. The molecule has 8 heteroatoms. The molecule has 2 amide bonds. The molecular weight excluding hydrogens is 374 g/mol. The number of nitrogens with zero attached hydrogens (tertiary/aromatic N) is 3. The van der Waals surface area contributed by atoms with Gasteiger partial charge in [-0.3, -0.25) is 19.8 Å². The van der Waals surface area contributed by atoms with Gasteiger partial charge < -0.3 is 15.1 Å². The molecule has 3 fully saturated rings. The molecule has 0 aromatic rings. The number of carbonyl (C=O) groups is 2. The van der Waals surface area contributed by atoms with E-state index in [-0.39, 0.29) is 17.9 Å². The first-order valence-corrected chi connectivity index (χ1v) is 9.54. The maximum Gasteiger partial charge on any atom is 0.246 e. The van der Waals surface area contributed by atoms with Crippen molar-refractivity contribution in [1.82, 2.24) is 25.3 Å². The van der Waals surface area contributed by atoms with Gasteiger partial charge in [0, 0.05) is 56.7 Å². The van der Waals surface area contributed by atoms with E-state index >= 15 is 0 Å². The zero-order chi connectivity index (χ0) is 17.1. The second-order valence-electron chi connectivity index (χ2n) is 6.62.